The molecule has 0 aliphatic carbocycles. The number of halogens is 2. The van der Waals surface area contributed by atoms with Gasteiger partial charge in [0.05, 0.1) is 0 Å². The van der Waals surface area contributed by atoms with E-state index >= 15 is 0 Å². The molecule has 0 spiro atoms. The first-order chi connectivity index (χ1) is 3.83. The van der Waals surface area contributed by atoms with E-state index in [0.717, 1.165) is 12.8 Å². The Morgan fingerprint density at radius 3 is 0.909 bits per heavy atom. The van der Waals surface area contributed by atoms with Crippen molar-refractivity contribution in [2.75, 3.05) is 13.2 Å². The molecule has 2 nitrogen and oxygen atoms in total. The maximum atomic E-state index is 7.88. The first kappa shape index (κ1) is 29.5. The quantitative estimate of drug-likeness (QED) is 0.721. The van der Waals surface area contributed by atoms with E-state index in [1.165, 1.54) is 0 Å². The van der Waals surface area contributed by atoms with Crippen LogP contribution >= 0.6 is 24.8 Å². The van der Waals surface area contributed by atoms with Crippen LogP contribution in [0.1, 0.15) is 26.7 Å². The molecule has 0 aliphatic heterocycles. The Hall–Kier alpha value is 1.21. The van der Waals surface area contributed by atoms with Gasteiger partial charge in [-0.05, 0) is 12.8 Å². The molecule has 2 N–H and O–H groups in total. The van der Waals surface area contributed by atoms with Gasteiger partial charge in [-0.2, -0.15) is 0 Å². The van der Waals surface area contributed by atoms with Crippen LogP contribution in [0.2, 0.25) is 0 Å². The molecule has 0 aromatic carbocycles. The molecule has 0 aromatic heterocycles. The third-order valence-electron chi connectivity index (χ3n) is 0.447. The van der Waals surface area contributed by atoms with Crippen LogP contribution in [-0.2, 0) is 21.7 Å². The van der Waals surface area contributed by atoms with E-state index in [0.29, 0.717) is 13.2 Å². The largest absolute Gasteiger partial charge is 0.396 e. The van der Waals surface area contributed by atoms with E-state index in [1.54, 1.807) is 0 Å². The normalized spacial score (nSPS) is 5.45. The van der Waals surface area contributed by atoms with Crippen molar-refractivity contribution in [3.8, 4) is 0 Å². The standard InChI is InChI=1S/2C3H8O.2ClH.Ti/c2*1-2-3-4;;;/h2*4H,2-3H2,1H3;2*1H;. The minimum Gasteiger partial charge on any atom is -0.396 e. The molecule has 0 saturated heterocycles. The van der Waals surface area contributed by atoms with E-state index in [9.17, 15) is 0 Å². The molecule has 11 heavy (non-hydrogen) atoms. The summed E-state index contributed by atoms with van der Waals surface area (Å²) in [6.45, 7) is 4.50. The predicted molar refractivity (Wildman–Crippen MR) is 49.2 cm³/mol. The third kappa shape index (κ3) is 92.2. The fourth-order valence-electron chi connectivity index (χ4n) is 0. The second-order valence-corrected chi connectivity index (χ2v) is 1.45. The van der Waals surface area contributed by atoms with Gasteiger partial charge in [0.25, 0.3) is 0 Å². The summed E-state index contributed by atoms with van der Waals surface area (Å²) in [5, 5.41) is 15.8. The van der Waals surface area contributed by atoms with Crippen molar-refractivity contribution < 1.29 is 31.9 Å². The molecule has 0 saturated carbocycles. The Kier molecular flexibility index (Phi) is 115. The third-order valence-corrected chi connectivity index (χ3v) is 0.447. The number of hydrogen-bond donors (Lipinski definition) is 2. The molecule has 5 heteroatoms. The van der Waals surface area contributed by atoms with E-state index in [-0.39, 0.29) is 46.5 Å². The van der Waals surface area contributed by atoms with Crippen molar-refractivity contribution in [2.24, 2.45) is 0 Å². The van der Waals surface area contributed by atoms with Crippen LogP contribution in [-0.4, -0.2) is 23.4 Å². The Balaban J connectivity index is -0.0000000171. The van der Waals surface area contributed by atoms with Gasteiger partial charge in [-0.3, -0.25) is 0 Å². The summed E-state index contributed by atoms with van der Waals surface area (Å²) in [4.78, 5) is 0. The van der Waals surface area contributed by atoms with Gasteiger partial charge >= 0.3 is 0 Å². The molecule has 0 rings (SSSR count). The van der Waals surface area contributed by atoms with Crippen LogP contribution in [0.4, 0.5) is 0 Å². The maximum absolute atomic E-state index is 7.88. The smallest absolute Gasteiger partial charge is 0.0428 e. The first-order valence-electron chi connectivity index (χ1n) is 3.05. The summed E-state index contributed by atoms with van der Waals surface area (Å²) in [5.41, 5.74) is 0. The maximum Gasteiger partial charge on any atom is 0.0428 e. The molecule has 0 heterocycles. The average Bonchev–Trinajstić information content (AvgIpc) is 1.88. The molecular formula is C6H18Cl2O2Ti. The van der Waals surface area contributed by atoms with Gasteiger partial charge in [-0.1, -0.05) is 13.8 Å². The second-order valence-electron chi connectivity index (χ2n) is 1.45. The topological polar surface area (TPSA) is 40.5 Å². The second kappa shape index (κ2) is 43.0. The van der Waals surface area contributed by atoms with Crippen LogP contribution < -0.4 is 0 Å². The SMILES string of the molecule is CCCO.CCCO.Cl.Cl.[Ti]. The Morgan fingerprint density at radius 2 is 0.909 bits per heavy atom. The molecule has 0 aliphatic rings. The number of aliphatic hydroxyl groups excluding tert-OH is 2. The summed E-state index contributed by atoms with van der Waals surface area (Å²) in [6, 6.07) is 0. The van der Waals surface area contributed by atoms with E-state index in [4.69, 9.17) is 10.2 Å². The molecule has 0 unspecified atom stereocenters. The van der Waals surface area contributed by atoms with Crippen molar-refractivity contribution in [2.45, 2.75) is 26.7 Å². The number of rotatable bonds is 2. The minimum atomic E-state index is 0. The fraction of sp³-hybridized carbons (Fsp3) is 1.00. The summed E-state index contributed by atoms with van der Waals surface area (Å²) < 4.78 is 0. The zero-order valence-corrected chi connectivity index (χ0v) is 10.2. The van der Waals surface area contributed by atoms with Gasteiger partial charge in [0, 0.05) is 34.9 Å². The van der Waals surface area contributed by atoms with E-state index < -0.39 is 0 Å². The van der Waals surface area contributed by atoms with Crippen LogP contribution in [0.5, 0.6) is 0 Å². The predicted octanol–water partition coefficient (Wildman–Crippen LogP) is 1.62. The van der Waals surface area contributed by atoms with Crippen molar-refractivity contribution in [3.05, 3.63) is 0 Å². The molecule has 0 amide bonds. The van der Waals surface area contributed by atoms with Gasteiger partial charge in [-0.15, -0.1) is 24.8 Å². The Morgan fingerprint density at radius 1 is 0.818 bits per heavy atom. The first-order valence-corrected chi connectivity index (χ1v) is 3.05. The average molecular weight is 241 g/mol. The summed E-state index contributed by atoms with van der Waals surface area (Å²) in [5.74, 6) is 0. The Labute approximate surface area is 96.5 Å². The summed E-state index contributed by atoms with van der Waals surface area (Å²) in [6.07, 6.45) is 1.75. The van der Waals surface area contributed by atoms with E-state index in [2.05, 4.69) is 0 Å². The molecule has 0 fully saturated rings. The zero-order valence-electron chi connectivity index (χ0n) is 7.04. The number of hydrogen-bond acceptors (Lipinski definition) is 2. The molecule has 0 aromatic rings. The van der Waals surface area contributed by atoms with Crippen LogP contribution in [0.3, 0.4) is 0 Å². The van der Waals surface area contributed by atoms with E-state index in [1.807, 2.05) is 13.8 Å². The zero-order chi connectivity index (χ0) is 6.83. The summed E-state index contributed by atoms with van der Waals surface area (Å²) in [7, 11) is 0. The molecule has 72 valence electrons. The molecule has 0 radical (unpaired) electrons. The van der Waals surface area contributed by atoms with Gasteiger partial charge in [0.15, 0.2) is 0 Å². The fourth-order valence-corrected chi connectivity index (χ4v) is 0. The van der Waals surface area contributed by atoms with Gasteiger partial charge < -0.3 is 10.2 Å². The molecule has 0 bridgehead atoms. The minimum absolute atomic E-state index is 0. The van der Waals surface area contributed by atoms with Crippen LogP contribution in [0.25, 0.3) is 0 Å². The van der Waals surface area contributed by atoms with Crippen LogP contribution in [0, 0.1) is 0 Å². The number of aliphatic hydroxyl groups is 2. The Bertz CT molecular complexity index is 26.5. The van der Waals surface area contributed by atoms with Crippen molar-refractivity contribution >= 4 is 24.8 Å². The monoisotopic (exact) mass is 240 g/mol. The van der Waals surface area contributed by atoms with Gasteiger partial charge in [0.2, 0.25) is 0 Å². The van der Waals surface area contributed by atoms with Crippen LogP contribution in [0.15, 0.2) is 0 Å². The van der Waals surface area contributed by atoms with Gasteiger partial charge in [-0.25, -0.2) is 0 Å². The molecule has 0 atom stereocenters. The van der Waals surface area contributed by atoms with Crippen molar-refractivity contribution in [1.82, 2.24) is 0 Å². The van der Waals surface area contributed by atoms with Crippen molar-refractivity contribution in [1.29, 1.82) is 0 Å². The van der Waals surface area contributed by atoms with Gasteiger partial charge in [0.1, 0.15) is 0 Å². The molecular weight excluding hydrogens is 223 g/mol. The summed E-state index contributed by atoms with van der Waals surface area (Å²) >= 11 is 0. The van der Waals surface area contributed by atoms with Crippen molar-refractivity contribution in [3.63, 3.8) is 0 Å².